The summed E-state index contributed by atoms with van der Waals surface area (Å²) in [6, 6.07) is 0. The maximum atomic E-state index is 11.7. The van der Waals surface area contributed by atoms with Gasteiger partial charge in [-0.15, -0.1) is 0 Å². The van der Waals surface area contributed by atoms with Gasteiger partial charge in [-0.05, 0) is 64.5 Å². The highest BCUT2D eigenvalue weighted by Gasteiger charge is 2.12. The Morgan fingerprint density at radius 3 is 1.35 bits per heavy atom. The summed E-state index contributed by atoms with van der Waals surface area (Å²) in [4.78, 5) is 23.3. The van der Waals surface area contributed by atoms with Crippen molar-refractivity contribution < 1.29 is 19.1 Å². The van der Waals surface area contributed by atoms with Gasteiger partial charge in [0, 0.05) is 12.8 Å². The van der Waals surface area contributed by atoms with Crippen molar-refractivity contribution in [1.82, 2.24) is 0 Å². The van der Waals surface area contributed by atoms with Crippen LogP contribution in [0.1, 0.15) is 77.0 Å². The molecule has 0 bridgehead atoms. The molecule has 0 aliphatic rings. The molecule has 8 N–H and O–H groups in total. The maximum absolute atomic E-state index is 11.7. The van der Waals surface area contributed by atoms with E-state index in [9.17, 15) is 9.59 Å². The zero-order chi connectivity index (χ0) is 19.6. The number of unbranched alkanes of at least 4 members (excludes halogenated alkanes) is 5. The van der Waals surface area contributed by atoms with Crippen molar-refractivity contribution in [2.24, 2.45) is 22.9 Å². The van der Waals surface area contributed by atoms with E-state index in [1.807, 2.05) is 0 Å². The molecule has 26 heavy (non-hydrogen) atoms. The topological polar surface area (TPSA) is 157 Å². The molecule has 0 fully saturated rings. The predicted molar refractivity (Wildman–Crippen MR) is 102 cm³/mol. The molecule has 0 spiro atoms. The van der Waals surface area contributed by atoms with Gasteiger partial charge in [0.2, 0.25) is 0 Å². The van der Waals surface area contributed by atoms with Crippen LogP contribution in [-0.2, 0) is 19.1 Å². The molecular weight excluding hydrogens is 336 g/mol. The summed E-state index contributed by atoms with van der Waals surface area (Å²) in [7, 11) is 0. The number of carbonyl (C=O) groups excluding carboxylic acids is 2. The molecule has 8 heteroatoms. The van der Waals surface area contributed by atoms with Crippen LogP contribution in [-0.4, -0.2) is 37.5 Å². The number of carbonyl (C=O) groups is 2. The van der Waals surface area contributed by atoms with Gasteiger partial charge >= 0.3 is 11.9 Å². The summed E-state index contributed by atoms with van der Waals surface area (Å²) >= 11 is 0. The van der Waals surface area contributed by atoms with Crippen molar-refractivity contribution in [3.63, 3.8) is 0 Å². The smallest absolute Gasteiger partial charge is 0.307 e. The van der Waals surface area contributed by atoms with Gasteiger partial charge in [-0.1, -0.05) is 12.8 Å². The minimum atomic E-state index is -0.567. The standard InChI is InChI=1S/C18H38N4O4/c19-13-7-1-3-9-15(21)25-17(23)11-5-6-12-18(24)26-16(22)10-4-2-8-14-20/h15-16H,1-14,19-22H2. The SMILES string of the molecule is NCCCCCC(N)OC(=O)CCCCC(=O)OC(N)CCCCCN. The van der Waals surface area contributed by atoms with Crippen molar-refractivity contribution >= 4 is 11.9 Å². The molecular formula is C18H38N4O4. The Labute approximate surface area is 157 Å². The van der Waals surface area contributed by atoms with Gasteiger partial charge in [0.05, 0.1) is 0 Å². The Hall–Kier alpha value is -1.22. The molecule has 0 saturated carbocycles. The highest BCUT2D eigenvalue weighted by atomic mass is 16.6. The number of hydrogen-bond acceptors (Lipinski definition) is 8. The monoisotopic (exact) mass is 374 g/mol. The van der Waals surface area contributed by atoms with E-state index >= 15 is 0 Å². The van der Waals surface area contributed by atoms with Gasteiger partial charge in [0.1, 0.15) is 0 Å². The molecule has 8 nitrogen and oxygen atoms in total. The fourth-order valence-corrected chi connectivity index (χ4v) is 2.45. The van der Waals surface area contributed by atoms with E-state index in [4.69, 9.17) is 32.4 Å². The average Bonchev–Trinajstić information content (AvgIpc) is 2.59. The fraction of sp³-hybridized carbons (Fsp3) is 0.889. The van der Waals surface area contributed by atoms with Crippen LogP contribution in [0.4, 0.5) is 0 Å². The van der Waals surface area contributed by atoms with Crippen LogP contribution in [0.25, 0.3) is 0 Å². The number of nitrogens with two attached hydrogens (primary N) is 4. The van der Waals surface area contributed by atoms with E-state index in [1.54, 1.807) is 0 Å². The van der Waals surface area contributed by atoms with E-state index in [0.717, 1.165) is 38.5 Å². The van der Waals surface area contributed by atoms with Gasteiger partial charge in [0.25, 0.3) is 0 Å². The molecule has 0 aliphatic heterocycles. The van der Waals surface area contributed by atoms with E-state index in [2.05, 4.69) is 0 Å². The van der Waals surface area contributed by atoms with Gasteiger partial charge in [0.15, 0.2) is 12.5 Å². The number of hydrogen-bond donors (Lipinski definition) is 4. The molecule has 0 aliphatic carbocycles. The third-order valence-corrected chi connectivity index (χ3v) is 3.96. The van der Waals surface area contributed by atoms with Crippen LogP contribution in [0.15, 0.2) is 0 Å². The fourth-order valence-electron chi connectivity index (χ4n) is 2.45. The first-order chi connectivity index (χ1) is 12.5. The summed E-state index contributed by atoms with van der Waals surface area (Å²) in [6.07, 6.45) is 7.41. The van der Waals surface area contributed by atoms with Crippen LogP contribution >= 0.6 is 0 Å². The molecule has 2 unspecified atom stereocenters. The highest BCUT2D eigenvalue weighted by Crippen LogP contribution is 2.08. The highest BCUT2D eigenvalue weighted by molar-refractivity contribution is 5.70. The van der Waals surface area contributed by atoms with Crippen LogP contribution in [0, 0.1) is 0 Å². The van der Waals surface area contributed by atoms with Crippen molar-refractivity contribution in [3.8, 4) is 0 Å². The third-order valence-electron chi connectivity index (χ3n) is 3.96. The summed E-state index contributed by atoms with van der Waals surface area (Å²) < 4.78 is 10.3. The van der Waals surface area contributed by atoms with Gasteiger partial charge < -0.3 is 20.9 Å². The van der Waals surface area contributed by atoms with Gasteiger partial charge in [-0.25, -0.2) is 0 Å². The Balaban J connectivity index is 3.61. The second-order valence-corrected chi connectivity index (χ2v) is 6.54. The first-order valence-electron chi connectivity index (χ1n) is 9.79. The van der Waals surface area contributed by atoms with Crippen LogP contribution in [0.3, 0.4) is 0 Å². The molecule has 0 radical (unpaired) electrons. The molecule has 2 atom stereocenters. The molecule has 0 saturated heterocycles. The van der Waals surface area contributed by atoms with E-state index in [0.29, 0.717) is 38.8 Å². The zero-order valence-electron chi connectivity index (χ0n) is 16.0. The third kappa shape index (κ3) is 16.3. The molecule has 0 heterocycles. The molecule has 0 aromatic heterocycles. The largest absolute Gasteiger partial charge is 0.447 e. The number of rotatable bonds is 17. The van der Waals surface area contributed by atoms with Crippen molar-refractivity contribution in [2.75, 3.05) is 13.1 Å². The summed E-state index contributed by atoms with van der Waals surface area (Å²) in [5, 5.41) is 0. The van der Waals surface area contributed by atoms with E-state index in [1.165, 1.54) is 0 Å². The number of esters is 2. The Kier molecular flexibility index (Phi) is 16.4. The lowest BCUT2D eigenvalue weighted by Crippen LogP contribution is -2.27. The Morgan fingerprint density at radius 1 is 0.615 bits per heavy atom. The number of ether oxygens (including phenoxy) is 2. The Morgan fingerprint density at radius 2 is 1.00 bits per heavy atom. The average molecular weight is 375 g/mol. The van der Waals surface area contributed by atoms with E-state index < -0.39 is 12.5 Å². The molecule has 0 amide bonds. The minimum absolute atomic E-state index is 0.245. The molecule has 0 aromatic carbocycles. The summed E-state index contributed by atoms with van der Waals surface area (Å²) in [5.74, 6) is -0.664. The lowest BCUT2D eigenvalue weighted by atomic mass is 10.1. The second-order valence-electron chi connectivity index (χ2n) is 6.54. The normalized spacial score (nSPS) is 13.2. The van der Waals surface area contributed by atoms with Crippen molar-refractivity contribution in [1.29, 1.82) is 0 Å². The first kappa shape index (κ1) is 24.8. The molecule has 0 rings (SSSR count). The van der Waals surface area contributed by atoms with Gasteiger partial charge in [-0.2, -0.15) is 0 Å². The van der Waals surface area contributed by atoms with Crippen molar-refractivity contribution in [3.05, 3.63) is 0 Å². The van der Waals surface area contributed by atoms with E-state index in [-0.39, 0.29) is 24.8 Å². The second kappa shape index (κ2) is 17.2. The molecule has 0 aromatic rings. The van der Waals surface area contributed by atoms with Crippen LogP contribution in [0.2, 0.25) is 0 Å². The molecule has 154 valence electrons. The quantitative estimate of drug-likeness (QED) is 0.168. The first-order valence-corrected chi connectivity index (χ1v) is 9.79. The lowest BCUT2D eigenvalue weighted by molar-refractivity contribution is -0.151. The van der Waals surface area contributed by atoms with Crippen molar-refractivity contribution in [2.45, 2.75) is 89.5 Å². The minimum Gasteiger partial charge on any atom is -0.447 e. The van der Waals surface area contributed by atoms with Crippen LogP contribution < -0.4 is 22.9 Å². The summed E-state index contributed by atoms with van der Waals surface area (Å²) in [6.45, 7) is 1.33. The summed E-state index contributed by atoms with van der Waals surface area (Å²) in [5.41, 5.74) is 22.3. The van der Waals surface area contributed by atoms with Gasteiger partial charge in [-0.3, -0.25) is 21.1 Å². The predicted octanol–water partition coefficient (Wildman–Crippen LogP) is 1.24. The lowest BCUT2D eigenvalue weighted by Gasteiger charge is -2.14. The van der Waals surface area contributed by atoms with Crippen LogP contribution in [0.5, 0.6) is 0 Å². The zero-order valence-corrected chi connectivity index (χ0v) is 16.0. The maximum Gasteiger partial charge on any atom is 0.307 e. The Bertz CT molecular complexity index is 335.